The second-order valence-corrected chi connectivity index (χ2v) is 4.49. The third-order valence-corrected chi connectivity index (χ3v) is 3.28. The van der Waals surface area contributed by atoms with Gasteiger partial charge in [-0.25, -0.2) is 0 Å². The van der Waals surface area contributed by atoms with Crippen molar-refractivity contribution in [3.8, 4) is 22.6 Å². The zero-order chi connectivity index (χ0) is 13.8. The predicted octanol–water partition coefficient (Wildman–Crippen LogP) is 3.48. The molecule has 0 aliphatic heterocycles. The molecule has 3 nitrogen and oxygen atoms in total. The maximum absolute atomic E-state index is 6.30. The molecule has 0 unspecified atom stereocenters. The Morgan fingerprint density at radius 3 is 2.32 bits per heavy atom. The smallest absolute Gasteiger partial charge is 0.130 e. The topological polar surface area (TPSA) is 44.5 Å². The SMILES string of the molecule is COc1ccc(-c2ccc(CN)cc2Cl)c(OC)c1. The van der Waals surface area contributed by atoms with Gasteiger partial charge in [0.2, 0.25) is 0 Å². The molecule has 0 heterocycles. The fourth-order valence-corrected chi connectivity index (χ4v) is 2.23. The summed E-state index contributed by atoms with van der Waals surface area (Å²) in [6, 6.07) is 11.4. The van der Waals surface area contributed by atoms with Crippen LogP contribution in [0.2, 0.25) is 5.02 Å². The summed E-state index contributed by atoms with van der Waals surface area (Å²) in [5.74, 6) is 1.47. The number of ether oxygens (including phenoxy) is 2. The second-order valence-electron chi connectivity index (χ2n) is 4.08. The fraction of sp³-hybridized carbons (Fsp3) is 0.200. The molecular formula is C15H16ClNO2. The summed E-state index contributed by atoms with van der Waals surface area (Å²) in [4.78, 5) is 0. The van der Waals surface area contributed by atoms with Gasteiger partial charge in [-0.2, -0.15) is 0 Å². The molecule has 2 rings (SSSR count). The van der Waals surface area contributed by atoms with Crippen LogP contribution in [0.3, 0.4) is 0 Å². The zero-order valence-electron chi connectivity index (χ0n) is 10.9. The van der Waals surface area contributed by atoms with E-state index in [-0.39, 0.29) is 0 Å². The first kappa shape index (κ1) is 13.7. The summed E-state index contributed by atoms with van der Waals surface area (Å²) in [7, 11) is 3.25. The molecular weight excluding hydrogens is 262 g/mol. The van der Waals surface area contributed by atoms with E-state index in [4.69, 9.17) is 26.8 Å². The number of nitrogens with two attached hydrogens (primary N) is 1. The molecule has 0 saturated carbocycles. The van der Waals surface area contributed by atoms with Crippen LogP contribution in [0.1, 0.15) is 5.56 Å². The first-order valence-electron chi connectivity index (χ1n) is 5.90. The maximum atomic E-state index is 6.30. The quantitative estimate of drug-likeness (QED) is 0.930. The number of rotatable bonds is 4. The minimum absolute atomic E-state index is 0.472. The first-order valence-corrected chi connectivity index (χ1v) is 6.28. The van der Waals surface area contributed by atoms with Crippen molar-refractivity contribution in [3.05, 3.63) is 47.0 Å². The molecule has 2 aromatic rings. The number of hydrogen-bond donors (Lipinski definition) is 1. The average molecular weight is 278 g/mol. The van der Waals surface area contributed by atoms with Gasteiger partial charge < -0.3 is 15.2 Å². The Morgan fingerprint density at radius 1 is 1.00 bits per heavy atom. The Balaban J connectivity index is 2.52. The van der Waals surface area contributed by atoms with Gasteiger partial charge in [0.25, 0.3) is 0 Å². The van der Waals surface area contributed by atoms with E-state index in [1.54, 1.807) is 14.2 Å². The molecule has 0 fully saturated rings. The highest BCUT2D eigenvalue weighted by Gasteiger charge is 2.11. The van der Waals surface area contributed by atoms with Crippen LogP contribution < -0.4 is 15.2 Å². The van der Waals surface area contributed by atoms with Gasteiger partial charge in [0.1, 0.15) is 11.5 Å². The van der Waals surface area contributed by atoms with Crippen molar-refractivity contribution >= 4 is 11.6 Å². The third-order valence-electron chi connectivity index (χ3n) is 2.97. The van der Waals surface area contributed by atoms with Crippen LogP contribution in [-0.4, -0.2) is 14.2 Å². The van der Waals surface area contributed by atoms with Crippen molar-refractivity contribution < 1.29 is 9.47 Å². The van der Waals surface area contributed by atoms with Crippen molar-refractivity contribution in [1.29, 1.82) is 0 Å². The first-order chi connectivity index (χ1) is 9.19. The Kier molecular flexibility index (Phi) is 4.30. The Labute approximate surface area is 117 Å². The molecule has 0 radical (unpaired) electrons. The van der Waals surface area contributed by atoms with Gasteiger partial charge >= 0.3 is 0 Å². The van der Waals surface area contributed by atoms with Gasteiger partial charge in [-0.05, 0) is 23.8 Å². The summed E-state index contributed by atoms with van der Waals surface area (Å²) in [5, 5.41) is 0.659. The van der Waals surface area contributed by atoms with E-state index in [1.807, 2.05) is 36.4 Å². The number of benzene rings is 2. The summed E-state index contributed by atoms with van der Waals surface area (Å²) in [5.41, 5.74) is 8.45. The van der Waals surface area contributed by atoms with E-state index < -0.39 is 0 Å². The fourth-order valence-electron chi connectivity index (χ4n) is 1.93. The van der Waals surface area contributed by atoms with Gasteiger partial charge in [-0.15, -0.1) is 0 Å². The van der Waals surface area contributed by atoms with Crippen LogP contribution in [0.4, 0.5) is 0 Å². The molecule has 19 heavy (non-hydrogen) atoms. The Bertz CT molecular complexity index is 584. The van der Waals surface area contributed by atoms with E-state index in [0.29, 0.717) is 11.6 Å². The van der Waals surface area contributed by atoms with Gasteiger partial charge in [0, 0.05) is 28.8 Å². The van der Waals surface area contributed by atoms with Crippen LogP contribution in [0, 0.1) is 0 Å². The summed E-state index contributed by atoms with van der Waals surface area (Å²) < 4.78 is 10.6. The molecule has 4 heteroatoms. The number of methoxy groups -OCH3 is 2. The van der Waals surface area contributed by atoms with Crippen LogP contribution in [0.5, 0.6) is 11.5 Å². The van der Waals surface area contributed by atoms with Crippen LogP contribution in [-0.2, 0) is 6.54 Å². The maximum Gasteiger partial charge on any atom is 0.130 e. The normalized spacial score (nSPS) is 10.3. The standard InChI is InChI=1S/C15H16ClNO2/c1-18-11-4-6-13(15(8-11)19-2)12-5-3-10(9-17)7-14(12)16/h3-8H,9,17H2,1-2H3. The minimum Gasteiger partial charge on any atom is -0.497 e. The van der Waals surface area contributed by atoms with E-state index in [1.165, 1.54) is 0 Å². The lowest BCUT2D eigenvalue weighted by Gasteiger charge is -2.12. The van der Waals surface area contributed by atoms with E-state index in [2.05, 4.69) is 0 Å². The second kappa shape index (κ2) is 5.95. The third kappa shape index (κ3) is 2.83. The molecule has 2 N–H and O–H groups in total. The summed E-state index contributed by atoms with van der Waals surface area (Å²) in [6.07, 6.45) is 0. The molecule has 0 spiro atoms. The highest BCUT2D eigenvalue weighted by molar-refractivity contribution is 6.33. The molecule has 0 aliphatic carbocycles. The van der Waals surface area contributed by atoms with Gasteiger partial charge in [-0.3, -0.25) is 0 Å². The minimum atomic E-state index is 0.472. The van der Waals surface area contributed by atoms with Crippen LogP contribution in [0.25, 0.3) is 11.1 Å². The summed E-state index contributed by atoms with van der Waals surface area (Å²) >= 11 is 6.30. The van der Waals surface area contributed by atoms with Crippen LogP contribution >= 0.6 is 11.6 Å². The molecule has 2 aromatic carbocycles. The number of halogens is 1. The van der Waals surface area contributed by atoms with Gasteiger partial charge in [-0.1, -0.05) is 23.7 Å². The Morgan fingerprint density at radius 2 is 1.74 bits per heavy atom. The van der Waals surface area contributed by atoms with Crippen molar-refractivity contribution in [3.63, 3.8) is 0 Å². The lowest BCUT2D eigenvalue weighted by Crippen LogP contribution is -1.96. The van der Waals surface area contributed by atoms with Crippen molar-refractivity contribution in [2.45, 2.75) is 6.54 Å². The predicted molar refractivity (Wildman–Crippen MR) is 77.9 cm³/mol. The zero-order valence-corrected chi connectivity index (χ0v) is 11.7. The lowest BCUT2D eigenvalue weighted by molar-refractivity contribution is 0.395. The summed E-state index contributed by atoms with van der Waals surface area (Å²) in [6.45, 7) is 0.472. The largest absolute Gasteiger partial charge is 0.497 e. The molecule has 0 aromatic heterocycles. The molecule has 0 aliphatic rings. The average Bonchev–Trinajstić information content (AvgIpc) is 2.46. The van der Waals surface area contributed by atoms with Gasteiger partial charge in [0.05, 0.1) is 14.2 Å². The van der Waals surface area contributed by atoms with E-state index >= 15 is 0 Å². The lowest BCUT2D eigenvalue weighted by atomic mass is 10.0. The molecule has 0 atom stereocenters. The van der Waals surface area contributed by atoms with Gasteiger partial charge in [0.15, 0.2) is 0 Å². The number of hydrogen-bond acceptors (Lipinski definition) is 3. The highest BCUT2D eigenvalue weighted by Crippen LogP contribution is 2.37. The molecule has 100 valence electrons. The molecule has 0 amide bonds. The molecule has 0 saturated heterocycles. The Hall–Kier alpha value is -1.71. The van der Waals surface area contributed by atoms with E-state index in [9.17, 15) is 0 Å². The monoisotopic (exact) mass is 277 g/mol. The molecule has 0 bridgehead atoms. The van der Waals surface area contributed by atoms with E-state index in [0.717, 1.165) is 28.2 Å². The van der Waals surface area contributed by atoms with Crippen molar-refractivity contribution in [1.82, 2.24) is 0 Å². The van der Waals surface area contributed by atoms with Crippen molar-refractivity contribution in [2.24, 2.45) is 5.73 Å². The highest BCUT2D eigenvalue weighted by atomic mass is 35.5. The van der Waals surface area contributed by atoms with Crippen molar-refractivity contribution in [2.75, 3.05) is 14.2 Å². The van der Waals surface area contributed by atoms with Crippen LogP contribution in [0.15, 0.2) is 36.4 Å².